The lowest BCUT2D eigenvalue weighted by molar-refractivity contribution is -0.695. The Morgan fingerprint density at radius 2 is 1.84 bits per heavy atom. The normalized spacial score (nSPS) is 11.7. The van der Waals surface area contributed by atoms with Crippen molar-refractivity contribution in [3.05, 3.63) is 53.6 Å². The minimum absolute atomic E-state index is 0.00164. The average Bonchev–Trinajstić information content (AvgIpc) is 2.60. The van der Waals surface area contributed by atoms with Crippen molar-refractivity contribution in [2.75, 3.05) is 6.61 Å². The molecular weight excluding hydrogens is 326 g/mol. The van der Waals surface area contributed by atoms with Crippen molar-refractivity contribution in [3.8, 4) is 17.2 Å². The van der Waals surface area contributed by atoms with Crippen LogP contribution in [0.1, 0.15) is 22.8 Å². The van der Waals surface area contributed by atoms with Crippen LogP contribution >= 0.6 is 0 Å². The van der Waals surface area contributed by atoms with Gasteiger partial charge < -0.3 is 30.2 Å². The SMILES string of the molecule is C[C@H]([NH2+]Cc1c(O)ccc(C(=O)COc2ccccc2)c1O)C(=O)[O-]. The first-order chi connectivity index (χ1) is 11.9. The number of hydrogen-bond acceptors (Lipinski definition) is 6. The predicted molar refractivity (Wildman–Crippen MR) is 86.1 cm³/mol. The summed E-state index contributed by atoms with van der Waals surface area (Å²) in [5, 5.41) is 32.3. The Kier molecular flexibility index (Phi) is 5.97. The monoisotopic (exact) mass is 345 g/mol. The molecule has 0 spiro atoms. The number of phenols is 2. The fourth-order valence-electron chi connectivity index (χ4n) is 2.19. The molecule has 0 saturated carbocycles. The van der Waals surface area contributed by atoms with Gasteiger partial charge in [-0.2, -0.15) is 0 Å². The number of ether oxygens (including phenoxy) is 1. The summed E-state index contributed by atoms with van der Waals surface area (Å²) in [6.07, 6.45) is 0. The van der Waals surface area contributed by atoms with Crippen LogP contribution in [0.3, 0.4) is 0 Å². The maximum Gasteiger partial charge on any atom is 0.203 e. The van der Waals surface area contributed by atoms with Gasteiger partial charge in [0.1, 0.15) is 29.8 Å². The lowest BCUT2D eigenvalue weighted by Gasteiger charge is -2.14. The maximum absolute atomic E-state index is 12.3. The number of benzene rings is 2. The molecule has 1 atom stereocenters. The molecule has 0 aliphatic rings. The Labute approximate surface area is 144 Å². The summed E-state index contributed by atoms with van der Waals surface area (Å²) in [5.74, 6) is -1.81. The highest BCUT2D eigenvalue weighted by molar-refractivity contribution is 6.00. The van der Waals surface area contributed by atoms with Gasteiger partial charge in [0.2, 0.25) is 5.78 Å². The number of aromatic hydroxyl groups is 2. The Morgan fingerprint density at radius 1 is 1.16 bits per heavy atom. The van der Waals surface area contributed by atoms with Crippen LogP contribution in [0, 0.1) is 0 Å². The maximum atomic E-state index is 12.3. The molecule has 0 heterocycles. The molecule has 2 rings (SSSR count). The van der Waals surface area contributed by atoms with Gasteiger partial charge in [0, 0.05) is 0 Å². The van der Waals surface area contributed by atoms with Gasteiger partial charge in [0.15, 0.2) is 6.61 Å². The zero-order chi connectivity index (χ0) is 18.4. The van der Waals surface area contributed by atoms with E-state index in [0.717, 1.165) is 0 Å². The van der Waals surface area contributed by atoms with Gasteiger partial charge >= 0.3 is 0 Å². The molecule has 0 fully saturated rings. The second kappa shape index (κ2) is 8.16. The molecule has 4 N–H and O–H groups in total. The third kappa shape index (κ3) is 4.71. The zero-order valence-corrected chi connectivity index (χ0v) is 13.6. The Bertz CT molecular complexity index is 760. The van der Waals surface area contributed by atoms with Crippen molar-refractivity contribution in [2.24, 2.45) is 0 Å². The number of nitrogens with two attached hydrogens (primary N) is 1. The number of carbonyl (C=O) groups excluding carboxylic acids is 2. The minimum atomic E-state index is -1.26. The molecule has 0 aliphatic heterocycles. The molecule has 25 heavy (non-hydrogen) atoms. The van der Waals surface area contributed by atoms with Crippen molar-refractivity contribution in [1.82, 2.24) is 0 Å². The average molecular weight is 345 g/mol. The predicted octanol–water partition coefficient (Wildman–Crippen LogP) is -0.439. The number of quaternary nitrogens is 1. The number of para-hydroxylation sites is 1. The molecule has 132 valence electrons. The summed E-state index contributed by atoms with van der Waals surface area (Å²) < 4.78 is 5.36. The van der Waals surface area contributed by atoms with E-state index in [2.05, 4.69) is 0 Å². The Balaban J connectivity index is 2.11. The number of rotatable bonds is 8. The van der Waals surface area contributed by atoms with Gasteiger partial charge in [-0.25, -0.2) is 0 Å². The molecule has 0 saturated heterocycles. The van der Waals surface area contributed by atoms with Crippen molar-refractivity contribution in [3.63, 3.8) is 0 Å². The molecule has 0 aliphatic carbocycles. The lowest BCUT2D eigenvalue weighted by atomic mass is 10.0. The fraction of sp³-hybridized carbons (Fsp3) is 0.222. The summed E-state index contributed by atoms with van der Waals surface area (Å²) in [7, 11) is 0. The van der Waals surface area contributed by atoms with Gasteiger partial charge in [-0.05, 0) is 31.2 Å². The topological polar surface area (TPSA) is 124 Å². The first-order valence-electron chi connectivity index (χ1n) is 7.69. The van der Waals surface area contributed by atoms with Crippen LogP contribution in [-0.4, -0.2) is 34.6 Å². The molecular formula is C18H19NO6. The van der Waals surface area contributed by atoms with E-state index in [0.29, 0.717) is 5.75 Å². The van der Waals surface area contributed by atoms with Gasteiger partial charge in [-0.1, -0.05) is 18.2 Å². The van der Waals surface area contributed by atoms with Crippen LogP contribution in [0.4, 0.5) is 0 Å². The quantitative estimate of drug-likeness (QED) is 0.557. The van der Waals surface area contributed by atoms with E-state index >= 15 is 0 Å². The third-order valence-electron chi connectivity index (χ3n) is 3.72. The van der Waals surface area contributed by atoms with Crippen molar-refractivity contribution < 1.29 is 35.0 Å². The van der Waals surface area contributed by atoms with Crippen LogP contribution in [-0.2, 0) is 11.3 Å². The van der Waals surface area contributed by atoms with E-state index in [-0.39, 0.29) is 35.8 Å². The van der Waals surface area contributed by atoms with Crippen LogP contribution in [0.15, 0.2) is 42.5 Å². The van der Waals surface area contributed by atoms with Crippen molar-refractivity contribution >= 4 is 11.8 Å². The highest BCUT2D eigenvalue weighted by Gasteiger charge is 2.20. The van der Waals surface area contributed by atoms with Crippen LogP contribution in [0.5, 0.6) is 17.2 Å². The van der Waals surface area contributed by atoms with Gasteiger partial charge in [0.25, 0.3) is 0 Å². The number of carboxylic acid groups (broad SMARTS) is 1. The van der Waals surface area contributed by atoms with E-state index in [1.54, 1.807) is 24.3 Å². The molecule has 0 radical (unpaired) electrons. The van der Waals surface area contributed by atoms with Crippen LogP contribution in [0.2, 0.25) is 0 Å². The molecule has 2 aromatic rings. The first kappa shape index (κ1) is 18.3. The van der Waals surface area contributed by atoms with E-state index in [1.807, 2.05) is 6.07 Å². The van der Waals surface area contributed by atoms with Gasteiger partial charge in [-0.3, -0.25) is 4.79 Å². The molecule has 0 amide bonds. The summed E-state index contributed by atoms with van der Waals surface area (Å²) in [4.78, 5) is 23.0. The molecule has 7 heteroatoms. The molecule has 0 bridgehead atoms. The second-order valence-electron chi connectivity index (χ2n) is 5.53. The smallest absolute Gasteiger partial charge is 0.203 e. The number of ketones is 1. The lowest BCUT2D eigenvalue weighted by Crippen LogP contribution is -2.90. The second-order valence-corrected chi connectivity index (χ2v) is 5.53. The Morgan fingerprint density at radius 3 is 2.48 bits per heavy atom. The number of carbonyl (C=O) groups is 2. The molecule has 0 unspecified atom stereocenters. The number of carboxylic acids is 1. The third-order valence-corrected chi connectivity index (χ3v) is 3.72. The van der Waals surface area contributed by atoms with E-state index < -0.39 is 17.8 Å². The summed E-state index contributed by atoms with van der Waals surface area (Å²) in [6, 6.07) is 10.5. The van der Waals surface area contributed by atoms with Crippen molar-refractivity contribution in [1.29, 1.82) is 0 Å². The number of phenolic OH excluding ortho intramolecular Hbond substituents is 2. The van der Waals surface area contributed by atoms with E-state index in [1.165, 1.54) is 24.4 Å². The number of Topliss-reactive ketones (excluding diaryl/α,β-unsaturated/α-hetero) is 1. The number of aliphatic carboxylic acids is 1. The van der Waals surface area contributed by atoms with Crippen LogP contribution in [0.25, 0.3) is 0 Å². The molecule has 2 aromatic carbocycles. The van der Waals surface area contributed by atoms with Gasteiger partial charge in [-0.15, -0.1) is 0 Å². The highest BCUT2D eigenvalue weighted by Crippen LogP contribution is 2.30. The van der Waals surface area contributed by atoms with Crippen LogP contribution < -0.4 is 15.2 Å². The summed E-state index contributed by atoms with van der Waals surface area (Å²) in [5.41, 5.74) is 0.0805. The standard InChI is InChI=1S/C18H19NO6/c1-11(18(23)24)19-9-14-15(20)8-7-13(17(14)22)16(21)10-25-12-5-3-2-4-6-12/h2-8,11,19-20,22H,9-10H2,1H3,(H,23,24)/t11-/m0/s1. The van der Waals surface area contributed by atoms with Gasteiger partial charge in [0.05, 0.1) is 17.1 Å². The molecule has 7 nitrogen and oxygen atoms in total. The number of hydrogen-bond donors (Lipinski definition) is 3. The minimum Gasteiger partial charge on any atom is -0.544 e. The van der Waals surface area contributed by atoms with Crippen molar-refractivity contribution in [2.45, 2.75) is 19.5 Å². The summed E-state index contributed by atoms with van der Waals surface area (Å²) in [6.45, 7) is 1.13. The zero-order valence-electron chi connectivity index (χ0n) is 13.6. The highest BCUT2D eigenvalue weighted by atomic mass is 16.5. The fourth-order valence-corrected chi connectivity index (χ4v) is 2.19. The molecule has 0 aromatic heterocycles. The van der Waals surface area contributed by atoms with E-state index in [4.69, 9.17) is 4.74 Å². The largest absolute Gasteiger partial charge is 0.544 e. The summed E-state index contributed by atoms with van der Waals surface area (Å²) >= 11 is 0. The van der Waals surface area contributed by atoms with E-state index in [9.17, 15) is 24.9 Å². The Hall–Kier alpha value is -3.06. The first-order valence-corrected chi connectivity index (χ1v) is 7.69.